The van der Waals surface area contributed by atoms with Crippen LogP contribution in [0.3, 0.4) is 0 Å². The lowest BCUT2D eigenvalue weighted by atomic mass is 10.1. The molecule has 2 aromatic carbocycles. The topological polar surface area (TPSA) is 52.6 Å². The minimum atomic E-state index is -1.23. The molecule has 0 fully saturated rings. The van der Waals surface area contributed by atoms with Crippen molar-refractivity contribution < 1.29 is 18.7 Å². The predicted octanol–water partition coefficient (Wildman–Crippen LogP) is 3.19. The van der Waals surface area contributed by atoms with Crippen molar-refractivity contribution in [2.75, 3.05) is 25.5 Å². The zero-order chi connectivity index (χ0) is 18.6. The first-order valence-corrected chi connectivity index (χ1v) is 7.95. The number of hydrogen-bond donors (Lipinski definition) is 2. The predicted molar refractivity (Wildman–Crippen MR) is 93.4 cm³/mol. The molecular weight excluding hydrogens is 326 g/mol. The summed E-state index contributed by atoms with van der Waals surface area (Å²) in [4.78, 5) is 13.7. The highest BCUT2D eigenvalue weighted by Gasteiger charge is 2.17. The maximum atomic E-state index is 13.7. The van der Waals surface area contributed by atoms with Crippen molar-refractivity contribution in [3.63, 3.8) is 0 Å². The highest BCUT2D eigenvalue weighted by molar-refractivity contribution is 5.93. The minimum Gasteiger partial charge on any atom is -0.387 e. The Morgan fingerprint density at radius 3 is 2.68 bits per heavy atom. The van der Waals surface area contributed by atoms with Crippen LogP contribution in [0.15, 0.2) is 36.4 Å². The highest BCUT2D eigenvalue weighted by atomic mass is 19.1. The first kappa shape index (κ1) is 19.0. The molecule has 0 spiro atoms. The zero-order valence-corrected chi connectivity index (χ0v) is 14.5. The molecule has 0 radical (unpaired) electrons. The fourth-order valence-corrected chi connectivity index (χ4v) is 2.55. The van der Waals surface area contributed by atoms with E-state index in [0.29, 0.717) is 0 Å². The number of hydrogen-bond acceptors (Lipinski definition) is 3. The summed E-state index contributed by atoms with van der Waals surface area (Å²) in [5.41, 5.74) is 2.67. The number of benzene rings is 2. The summed E-state index contributed by atoms with van der Waals surface area (Å²) >= 11 is 0. The van der Waals surface area contributed by atoms with Crippen molar-refractivity contribution in [1.82, 2.24) is 4.90 Å². The molecule has 0 aliphatic rings. The lowest BCUT2D eigenvalue weighted by Gasteiger charge is -2.21. The number of carbonyl (C=O) groups excluding carboxylic acids is 1. The lowest BCUT2D eigenvalue weighted by Crippen LogP contribution is -2.33. The molecule has 0 aliphatic heterocycles. The molecule has 0 heterocycles. The van der Waals surface area contributed by atoms with Crippen LogP contribution in [-0.2, 0) is 4.79 Å². The number of anilines is 1. The number of aliphatic hydroxyl groups excluding tert-OH is 1. The summed E-state index contributed by atoms with van der Waals surface area (Å²) in [7, 11) is 1.63. The third kappa shape index (κ3) is 5.08. The maximum absolute atomic E-state index is 13.7. The molecule has 0 aliphatic carbocycles. The number of aliphatic hydroxyl groups is 1. The summed E-state index contributed by atoms with van der Waals surface area (Å²) in [5, 5.41) is 12.9. The van der Waals surface area contributed by atoms with Crippen LogP contribution < -0.4 is 5.32 Å². The maximum Gasteiger partial charge on any atom is 0.238 e. The van der Waals surface area contributed by atoms with E-state index in [4.69, 9.17) is 0 Å². The molecule has 0 saturated heterocycles. The fourth-order valence-electron chi connectivity index (χ4n) is 2.55. The quantitative estimate of drug-likeness (QED) is 0.843. The molecule has 2 N–H and O–H groups in total. The second-order valence-corrected chi connectivity index (χ2v) is 6.17. The SMILES string of the molecule is Cc1cccc(NC(=O)CN(C)CC(O)c2cc(F)ccc2F)c1C. The Hall–Kier alpha value is -2.31. The molecule has 2 rings (SSSR count). The first-order chi connectivity index (χ1) is 11.8. The van der Waals surface area contributed by atoms with E-state index in [-0.39, 0.29) is 24.6 Å². The number of nitrogens with zero attached hydrogens (tertiary/aromatic N) is 1. The zero-order valence-electron chi connectivity index (χ0n) is 14.5. The van der Waals surface area contributed by atoms with Crippen LogP contribution in [0.4, 0.5) is 14.5 Å². The van der Waals surface area contributed by atoms with Gasteiger partial charge in [0.05, 0.1) is 12.6 Å². The number of aryl methyl sites for hydroxylation is 1. The molecule has 1 atom stereocenters. The van der Waals surface area contributed by atoms with Crippen molar-refractivity contribution in [2.24, 2.45) is 0 Å². The Morgan fingerprint density at radius 1 is 1.24 bits per heavy atom. The van der Waals surface area contributed by atoms with E-state index in [1.54, 1.807) is 11.9 Å². The molecule has 2 aromatic rings. The number of carbonyl (C=O) groups is 1. The van der Waals surface area contributed by atoms with Crippen LogP contribution in [0.2, 0.25) is 0 Å². The van der Waals surface area contributed by atoms with Gasteiger partial charge in [0.25, 0.3) is 0 Å². The molecule has 134 valence electrons. The number of halogens is 2. The number of likely N-dealkylation sites (N-methyl/N-ethyl adjacent to an activating group) is 1. The van der Waals surface area contributed by atoms with Gasteiger partial charge in [-0.25, -0.2) is 8.78 Å². The molecule has 0 bridgehead atoms. The molecule has 6 heteroatoms. The highest BCUT2D eigenvalue weighted by Crippen LogP contribution is 2.20. The van der Waals surface area contributed by atoms with Gasteiger partial charge in [-0.15, -0.1) is 0 Å². The number of nitrogens with one attached hydrogen (secondary N) is 1. The monoisotopic (exact) mass is 348 g/mol. The van der Waals surface area contributed by atoms with Gasteiger partial charge in [-0.3, -0.25) is 9.69 Å². The smallest absolute Gasteiger partial charge is 0.238 e. The van der Waals surface area contributed by atoms with Crippen molar-refractivity contribution >= 4 is 11.6 Å². The molecule has 0 aromatic heterocycles. The number of amides is 1. The average molecular weight is 348 g/mol. The van der Waals surface area contributed by atoms with E-state index in [1.165, 1.54) is 0 Å². The van der Waals surface area contributed by atoms with E-state index >= 15 is 0 Å². The summed E-state index contributed by atoms with van der Waals surface area (Å²) in [6.45, 7) is 3.90. The third-order valence-corrected chi connectivity index (χ3v) is 4.09. The van der Waals surface area contributed by atoms with Gasteiger partial charge in [0.2, 0.25) is 5.91 Å². The van der Waals surface area contributed by atoms with Gasteiger partial charge in [-0.1, -0.05) is 12.1 Å². The van der Waals surface area contributed by atoms with Gasteiger partial charge in [0.15, 0.2) is 0 Å². The molecule has 0 saturated carbocycles. The largest absolute Gasteiger partial charge is 0.387 e. The van der Waals surface area contributed by atoms with Crippen molar-refractivity contribution in [3.05, 3.63) is 64.7 Å². The minimum absolute atomic E-state index is 0.000588. The van der Waals surface area contributed by atoms with Crippen LogP contribution in [0, 0.1) is 25.5 Å². The molecule has 1 amide bonds. The van der Waals surface area contributed by atoms with Gasteiger partial charge in [-0.2, -0.15) is 0 Å². The first-order valence-electron chi connectivity index (χ1n) is 7.95. The molecule has 25 heavy (non-hydrogen) atoms. The summed E-state index contributed by atoms with van der Waals surface area (Å²) in [6, 6.07) is 8.56. The van der Waals surface area contributed by atoms with Crippen LogP contribution in [0.1, 0.15) is 22.8 Å². The van der Waals surface area contributed by atoms with Crippen molar-refractivity contribution in [2.45, 2.75) is 20.0 Å². The summed E-state index contributed by atoms with van der Waals surface area (Å²) in [5.74, 6) is -1.55. The van der Waals surface area contributed by atoms with E-state index in [1.807, 2.05) is 32.0 Å². The Bertz CT molecular complexity index is 765. The van der Waals surface area contributed by atoms with E-state index < -0.39 is 17.7 Å². The number of rotatable bonds is 6. The second kappa shape index (κ2) is 8.18. The second-order valence-electron chi connectivity index (χ2n) is 6.17. The van der Waals surface area contributed by atoms with Gasteiger partial charge in [0, 0.05) is 17.8 Å². The van der Waals surface area contributed by atoms with Crippen molar-refractivity contribution in [3.8, 4) is 0 Å². The molecule has 1 unspecified atom stereocenters. The van der Waals surface area contributed by atoms with Gasteiger partial charge < -0.3 is 10.4 Å². The van der Waals surface area contributed by atoms with Crippen LogP contribution in [0.25, 0.3) is 0 Å². The Balaban J connectivity index is 1.95. The van der Waals surface area contributed by atoms with E-state index in [9.17, 15) is 18.7 Å². The third-order valence-electron chi connectivity index (χ3n) is 4.09. The van der Waals surface area contributed by atoms with Gasteiger partial charge in [0.1, 0.15) is 11.6 Å². The van der Waals surface area contributed by atoms with E-state index in [0.717, 1.165) is 35.0 Å². The Morgan fingerprint density at radius 2 is 1.96 bits per heavy atom. The standard InChI is InChI=1S/C19H22F2N2O2/c1-12-5-4-6-17(13(12)2)22-19(25)11-23(3)10-18(24)15-9-14(20)7-8-16(15)21/h4-9,18,24H,10-11H2,1-3H3,(H,22,25). The average Bonchev–Trinajstić information content (AvgIpc) is 2.53. The normalized spacial score (nSPS) is 12.3. The lowest BCUT2D eigenvalue weighted by molar-refractivity contribution is -0.117. The van der Waals surface area contributed by atoms with Gasteiger partial charge in [-0.05, 0) is 56.3 Å². The van der Waals surface area contributed by atoms with Gasteiger partial charge >= 0.3 is 0 Å². The summed E-state index contributed by atoms with van der Waals surface area (Å²) in [6.07, 6.45) is -1.23. The van der Waals surface area contributed by atoms with Crippen LogP contribution >= 0.6 is 0 Å². The Kier molecular flexibility index (Phi) is 6.22. The van der Waals surface area contributed by atoms with Crippen LogP contribution in [0.5, 0.6) is 0 Å². The van der Waals surface area contributed by atoms with Crippen LogP contribution in [-0.4, -0.2) is 36.1 Å². The Labute approximate surface area is 146 Å². The van der Waals surface area contributed by atoms with E-state index in [2.05, 4.69) is 5.32 Å². The molecular formula is C19H22F2N2O2. The molecule has 4 nitrogen and oxygen atoms in total. The van der Waals surface area contributed by atoms with Crippen molar-refractivity contribution in [1.29, 1.82) is 0 Å². The fraction of sp³-hybridized carbons (Fsp3) is 0.316. The summed E-state index contributed by atoms with van der Waals surface area (Å²) < 4.78 is 26.9.